The highest BCUT2D eigenvalue weighted by Gasteiger charge is 2.37. The maximum atomic E-state index is 13.7. The maximum absolute atomic E-state index is 13.7. The molecule has 1 nitrogen and oxygen atoms in total. The second-order valence-corrected chi connectivity index (χ2v) is 6.04. The molecule has 0 heterocycles. The molecule has 0 unspecified atom stereocenters. The summed E-state index contributed by atoms with van der Waals surface area (Å²) < 4.78 is 134. The molecular formula is C13F10NP. The third kappa shape index (κ3) is 2.70. The average Bonchev–Trinajstić information content (AvgIpc) is 2.60. The Morgan fingerprint density at radius 1 is 0.440 bits per heavy atom. The molecule has 0 aromatic heterocycles. The molecule has 0 saturated carbocycles. The van der Waals surface area contributed by atoms with E-state index in [0.717, 1.165) is 5.81 Å². The number of halogens is 10. The lowest BCUT2D eigenvalue weighted by Crippen LogP contribution is -2.28. The van der Waals surface area contributed by atoms with Gasteiger partial charge in [-0.2, -0.15) is 5.26 Å². The molecule has 25 heavy (non-hydrogen) atoms. The zero-order valence-corrected chi connectivity index (χ0v) is 12.1. The fourth-order valence-corrected chi connectivity index (χ4v) is 3.39. The molecule has 0 bridgehead atoms. The fourth-order valence-electron chi connectivity index (χ4n) is 1.79. The van der Waals surface area contributed by atoms with Crippen molar-refractivity contribution < 1.29 is 43.9 Å². The van der Waals surface area contributed by atoms with Gasteiger partial charge in [-0.1, -0.05) is 0 Å². The predicted octanol–water partition coefficient (Wildman–Crippen LogP) is 3.99. The van der Waals surface area contributed by atoms with Crippen LogP contribution in [0.2, 0.25) is 0 Å². The zero-order chi connectivity index (χ0) is 19.2. The number of nitrogens with zero attached hydrogens (tertiary/aromatic N) is 1. The molecule has 0 aliphatic rings. The van der Waals surface area contributed by atoms with Gasteiger partial charge in [-0.3, -0.25) is 0 Å². The Morgan fingerprint density at radius 3 is 0.840 bits per heavy atom. The molecule has 0 atom stereocenters. The van der Waals surface area contributed by atoms with Gasteiger partial charge in [0.2, 0.25) is 11.6 Å². The molecule has 2 aromatic carbocycles. The van der Waals surface area contributed by atoms with E-state index < -0.39 is 76.7 Å². The second kappa shape index (κ2) is 6.52. The van der Waals surface area contributed by atoms with Gasteiger partial charge in [-0.15, -0.1) is 0 Å². The van der Waals surface area contributed by atoms with Crippen molar-refractivity contribution in [1.29, 1.82) is 5.26 Å². The molecule has 0 saturated heterocycles. The van der Waals surface area contributed by atoms with E-state index in [1.807, 2.05) is 0 Å². The Kier molecular flexibility index (Phi) is 4.95. The van der Waals surface area contributed by atoms with Gasteiger partial charge < -0.3 is 0 Å². The van der Waals surface area contributed by atoms with Crippen molar-refractivity contribution in [2.75, 3.05) is 0 Å². The van der Waals surface area contributed by atoms with E-state index in [0.29, 0.717) is 0 Å². The van der Waals surface area contributed by atoms with Gasteiger partial charge in [0.05, 0.1) is 24.3 Å². The van der Waals surface area contributed by atoms with Crippen LogP contribution in [-0.2, 0) is 0 Å². The SMILES string of the molecule is N#CP(c1c(F)c(F)c(F)c(F)c1F)c1c(F)c(F)c(F)c(F)c1F. The van der Waals surface area contributed by atoms with Gasteiger partial charge in [0.15, 0.2) is 46.5 Å². The highest BCUT2D eigenvalue weighted by molar-refractivity contribution is 7.77. The van der Waals surface area contributed by atoms with Crippen LogP contribution in [0.4, 0.5) is 43.9 Å². The minimum atomic E-state index is -3.81. The number of hydrogen-bond acceptors (Lipinski definition) is 1. The molecule has 132 valence electrons. The number of benzene rings is 2. The first kappa shape index (κ1) is 19.0. The van der Waals surface area contributed by atoms with Crippen LogP contribution in [0.3, 0.4) is 0 Å². The number of hydrogen-bond donors (Lipinski definition) is 0. The van der Waals surface area contributed by atoms with Crippen molar-refractivity contribution in [2.24, 2.45) is 0 Å². The van der Waals surface area contributed by atoms with Crippen LogP contribution in [0.25, 0.3) is 0 Å². The number of nitriles is 1. The van der Waals surface area contributed by atoms with Gasteiger partial charge in [0, 0.05) is 0 Å². The quantitative estimate of drug-likeness (QED) is 0.329. The summed E-state index contributed by atoms with van der Waals surface area (Å²) in [5, 5.41) is 4.89. The standard InChI is InChI=1S/C13F10NP/c14-2-4(16)8(20)12(9(21)5(2)17)25(1-24)13-10(22)6(18)3(15)7(19)11(13)23. The van der Waals surface area contributed by atoms with Crippen LogP contribution in [0.5, 0.6) is 0 Å². The van der Waals surface area contributed by atoms with Gasteiger partial charge in [-0.25, -0.2) is 43.9 Å². The first-order chi connectivity index (χ1) is 11.6. The minimum absolute atomic E-state index is 0.839. The summed E-state index contributed by atoms with van der Waals surface area (Å²) in [6.45, 7) is 0. The first-order valence-corrected chi connectivity index (χ1v) is 7.13. The lowest BCUT2D eigenvalue weighted by Gasteiger charge is -2.16. The topological polar surface area (TPSA) is 23.8 Å². The summed E-state index contributed by atoms with van der Waals surface area (Å²) in [5.74, 6) is -25.0. The van der Waals surface area contributed by atoms with E-state index in [1.54, 1.807) is 0 Å². The summed E-state index contributed by atoms with van der Waals surface area (Å²) in [4.78, 5) is 0. The molecule has 2 aromatic rings. The highest BCUT2D eigenvalue weighted by Crippen LogP contribution is 2.39. The van der Waals surface area contributed by atoms with E-state index in [1.165, 1.54) is 0 Å². The van der Waals surface area contributed by atoms with Crippen LogP contribution in [0.15, 0.2) is 0 Å². The van der Waals surface area contributed by atoms with Gasteiger partial charge in [-0.05, 0) is 0 Å². The van der Waals surface area contributed by atoms with Gasteiger partial charge in [0.25, 0.3) is 0 Å². The predicted molar refractivity (Wildman–Crippen MR) is 64.3 cm³/mol. The van der Waals surface area contributed by atoms with E-state index >= 15 is 0 Å². The van der Waals surface area contributed by atoms with E-state index in [2.05, 4.69) is 0 Å². The second-order valence-electron chi connectivity index (χ2n) is 4.27. The Morgan fingerprint density at radius 2 is 0.640 bits per heavy atom. The van der Waals surface area contributed by atoms with Crippen LogP contribution >= 0.6 is 7.92 Å². The maximum Gasteiger partial charge on any atom is 0.200 e. The molecule has 0 fully saturated rings. The van der Waals surface area contributed by atoms with Crippen molar-refractivity contribution in [3.63, 3.8) is 0 Å². The van der Waals surface area contributed by atoms with Crippen molar-refractivity contribution in [3.8, 4) is 5.81 Å². The third-order valence-electron chi connectivity index (χ3n) is 2.92. The normalized spacial score (nSPS) is 11.1. The van der Waals surface area contributed by atoms with E-state index in [4.69, 9.17) is 5.26 Å². The van der Waals surface area contributed by atoms with Crippen molar-refractivity contribution in [1.82, 2.24) is 0 Å². The molecule has 0 aliphatic carbocycles. The van der Waals surface area contributed by atoms with Crippen LogP contribution in [-0.4, -0.2) is 0 Å². The molecule has 0 N–H and O–H groups in total. The molecule has 0 radical (unpaired) electrons. The summed E-state index contributed by atoms with van der Waals surface area (Å²) >= 11 is 0. The third-order valence-corrected chi connectivity index (χ3v) is 4.80. The molecule has 0 spiro atoms. The minimum Gasteiger partial charge on any atom is -0.203 e. The molecule has 0 aliphatic heterocycles. The summed E-state index contributed by atoms with van der Waals surface area (Å²) in [7, 11) is -3.81. The van der Waals surface area contributed by atoms with Crippen LogP contribution in [0, 0.1) is 69.2 Å². The molecular weight excluding hydrogens is 391 g/mol. The molecule has 2 rings (SSSR count). The van der Waals surface area contributed by atoms with Crippen molar-refractivity contribution in [2.45, 2.75) is 0 Å². The van der Waals surface area contributed by atoms with Gasteiger partial charge >= 0.3 is 0 Å². The lowest BCUT2D eigenvalue weighted by molar-refractivity contribution is 0.383. The summed E-state index contributed by atoms with van der Waals surface area (Å²) in [5.41, 5.74) is 0. The van der Waals surface area contributed by atoms with E-state index in [9.17, 15) is 43.9 Å². The van der Waals surface area contributed by atoms with Crippen molar-refractivity contribution >= 4 is 18.5 Å². The first-order valence-electron chi connectivity index (χ1n) is 5.78. The van der Waals surface area contributed by atoms with Crippen LogP contribution < -0.4 is 10.6 Å². The summed E-state index contributed by atoms with van der Waals surface area (Å²) in [6, 6.07) is 0. The van der Waals surface area contributed by atoms with Crippen molar-refractivity contribution in [3.05, 3.63) is 58.2 Å². The monoisotopic (exact) mass is 391 g/mol. The molecule has 0 amide bonds. The lowest BCUT2D eigenvalue weighted by atomic mass is 10.3. The van der Waals surface area contributed by atoms with Crippen LogP contribution in [0.1, 0.15) is 0 Å². The average molecular weight is 391 g/mol. The Labute approximate surface area is 132 Å². The largest absolute Gasteiger partial charge is 0.203 e. The summed E-state index contributed by atoms with van der Waals surface area (Å²) in [6.07, 6.45) is 0. The van der Waals surface area contributed by atoms with Gasteiger partial charge in [0.1, 0.15) is 0 Å². The highest BCUT2D eigenvalue weighted by atomic mass is 31.1. The zero-order valence-electron chi connectivity index (χ0n) is 11.2. The Hall–Kier alpha value is -2.34. The smallest absolute Gasteiger partial charge is 0.200 e. The fraction of sp³-hybridized carbons (Fsp3) is 0. The Bertz CT molecular complexity index is 808. The van der Waals surface area contributed by atoms with E-state index in [-0.39, 0.29) is 0 Å². The molecule has 12 heteroatoms. The number of rotatable bonds is 2. The Balaban J connectivity index is 2.93.